The van der Waals surface area contributed by atoms with E-state index in [1.54, 1.807) is 5.01 Å². The molecule has 28 heavy (non-hydrogen) atoms. The summed E-state index contributed by atoms with van der Waals surface area (Å²) in [6.07, 6.45) is 0. The van der Waals surface area contributed by atoms with Crippen molar-refractivity contribution in [2.75, 3.05) is 32.1 Å². The van der Waals surface area contributed by atoms with Crippen molar-refractivity contribution < 1.29 is 0 Å². The van der Waals surface area contributed by atoms with Crippen LogP contribution in [0, 0.1) is 5.41 Å². The first kappa shape index (κ1) is 19.6. The Balaban J connectivity index is 1.85. The van der Waals surface area contributed by atoms with Gasteiger partial charge in [-0.2, -0.15) is 5.10 Å². The van der Waals surface area contributed by atoms with Crippen molar-refractivity contribution in [2.24, 2.45) is 10.1 Å². The second-order valence-electron chi connectivity index (χ2n) is 6.86. The number of rotatable bonds is 6. The second kappa shape index (κ2) is 8.69. The summed E-state index contributed by atoms with van der Waals surface area (Å²) in [4.78, 5) is 8.95. The number of hydrazone groups is 1. The minimum Gasteiger partial charge on any atom is -0.372 e. The normalized spacial score (nSPS) is 15.1. The van der Waals surface area contributed by atoms with Crippen LogP contribution in [0.4, 0.5) is 11.4 Å². The Morgan fingerprint density at radius 2 is 1.61 bits per heavy atom. The van der Waals surface area contributed by atoms with E-state index in [1.165, 1.54) is 5.69 Å². The molecule has 0 aliphatic carbocycles. The summed E-state index contributed by atoms with van der Waals surface area (Å²) in [5.74, 6) is 1.02. The zero-order chi connectivity index (χ0) is 20.1. The molecule has 0 fully saturated rings. The molecule has 2 aromatic rings. The van der Waals surface area contributed by atoms with E-state index in [1.807, 2.05) is 61.5 Å². The maximum absolute atomic E-state index is 8.60. The predicted octanol–water partition coefficient (Wildman–Crippen LogP) is 3.97. The maximum Gasteiger partial charge on any atom is 0.178 e. The van der Waals surface area contributed by atoms with Gasteiger partial charge in [-0.3, -0.25) is 5.41 Å². The Hall–Kier alpha value is -3.15. The van der Waals surface area contributed by atoms with Crippen molar-refractivity contribution >= 4 is 28.8 Å². The van der Waals surface area contributed by atoms with Crippen LogP contribution < -0.4 is 4.90 Å². The summed E-state index contributed by atoms with van der Waals surface area (Å²) < 4.78 is 0. The fourth-order valence-electron chi connectivity index (χ4n) is 3.17. The average Bonchev–Trinajstić information content (AvgIpc) is 3.01. The lowest BCUT2D eigenvalue weighted by Gasteiger charge is -2.20. The molecule has 0 aromatic heterocycles. The van der Waals surface area contributed by atoms with E-state index in [0.717, 1.165) is 24.3 Å². The van der Waals surface area contributed by atoms with Gasteiger partial charge in [0.2, 0.25) is 0 Å². The molecule has 3 rings (SSSR count). The molecular weight excluding hydrogens is 348 g/mol. The number of nitrogens with zero attached hydrogens (tertiary/aromatic N) is 5. The third kappa shape index (κ3) is 4.22. The molecular formula is C22H28N6. The van der Waals surface area contributed by atoms with Gasteiger partial charge in [-0.05, 0) is 43.7 Å². The summed E-state index contributed by atoms with van der Waals surface area (Å²) >= 11 is 0. The van der Waals surface area contributed by atoms with Gasteiger partial charge in [0, 0.05) is 32.9 Å². The molecule has 0 bridgehead atoms. The van der Waals surface area contributed by atoms with Gasteiger partial charge in [-0.25, -0.2) is 10.0 Å². The summed E-state index contributed by atoms with van der Waals surface area (Å²) in [5, 5.41) is 14.9. The quantitative estimate of drug-likeness (QED) is 0.830. The summed E-state index contributed by atoms with van der Waals surface area (Å²) in [6.45, 7) is 6.80. The highest BCUT2D eigenvalue weighted by Crippen LogP contribution is 2.22. The van der Waals surface area contributed by atoms with Gasteiger partial charge in [0.1, 0.15) is 0 Å². The highest BCUT2D eigenvalue weighted by molar-refractivity contribution is 6.69. The average molecular weight is 377 g/mol. The smallest absolute Gasteiger partial charge is 0.178 e. The summed E-state index contributed by atoms with van der Waals surface area (Å²) in [7, 11) is 3.86. The molecule has 0 radical (unpaired) electrons. The van der Waals surface area contributed by atoms with Crippen LogP contribution in [0.2, 0.25) is 0 Å². The first-order valence-corrected chi connectivity index (χ1v) is 9.63. The largest absolute Gasteiger partial charge is 0.372 e. The van der Waals surface area contributed by atoms with Crippen LogP contribution in [0.15, 0.2) is 64.7 Å². The molecule has 1 N–H and O–H groups in total. The SMILES string of the molecule is CCN(CC)c1ccc(N=C2C(=N)N(Cc3ccccc3)N=C2N(C)C)cc1. The monoisotopic (exact) mass is 376 g/mol. The van der Waals surface area contributed by atoms with Gasteiger partial charge in [0.05, 0.1) is 12.2 Å². The Morgan fingerprint density at radius 1 is 0.964 bits per heavy atom. The Bertz CT molecular complexity index is 864. The molecule has 2 aromatic carbocycles. The van der Waals surface area contributed by atoms with Gasteiger partial charge in [-0.15, -0.1) is 0 Å². The Labute approximate surface area is 167 Å². The molecule has 6 heteroatoms. The molecule has 6 nitrogen and oxygen atoms in total. The van der Waals surface area contributed by atoms with Crippen LogP contribution in [0.5, 0.6) is 0 Å². The standard InChI is InChI=1S/C22H28N6/c1-5-27(6-2)19-14-12-18(13-15-19)24-20-21(23)28(25-22(20)26(3)4)16-17-10-8-7-9-11-17/h7-15,23H,5-6,16H2,1-4H3. The molecule has 0 saturated heterocycles. The predicted molar refractivity (Wildman–Crippen MR) is 118 cm³/mol. The lowest BCUT2D eigenvalue weighted by Crippen LogP contribution is -2.32. The highest BCUT2D eigenvalue weighted by Gasteiger charge is 2.30. The third-order valence-electron chi connectivity index (χ3n) is 4.73. The zero-order valence-electron chi connectivity index (χ0n) is 17.1. The van der Waals surface area contributed by atoms with Crippen LogP contribution in [0.3, 0.4) is 0 Å². The molecule has 0 spiro atoms. The van der Waals surface area contributed by atoms with E-state index < -0.39 is 0 Å². The summed E-state index contributed by atoms with van der Waals surface area (Å²) in [5.41, 5.74) is 3.71. The van der Waals surface area contributed by atoms with Crippen LogP contribution >= 0.6 is 0 Å². The number of anilines is 1. The molecule has 146 valence electrons. The van der Waals surface area contributed by atoms with Gasteiger partial charge in [0.25, 0.3) is 0 Å². The zero-order valence-corrected chi connectivity index (χ0v) is 17.1. The van der Waals surface area contributed by atoms with Gasteiger partial charge in [0.15, 0.2) is 17.4 Å². The molecule has 0 atom stereocenters. The molecule has 0 saturated carbocycles. The molecule has 1 aliphatic rings. The van der Waals surface area contributed by atoms with E-state index in [9.17, 15) is 0 Å². The van der Waals surface area contributed by atoms with Crippen LogP contribution in [0.25, 0.3) is 0 Å². The molecule has 1 heterocycles. The van der Waals surface area contributed by atoms with E-state index in [0.29, 0.717) is 23.9 Å². The van der Waals surface area contributed by atoms with E-state index in [4.69, 9.17) is 10.4 Å². The topological polar surface area (TPSA) is 58.3 Å². The third-order valence-corrected chi connectivity index (χ3v) is 4.73. The number of hydrogen-bond donors (Lipinski definition) is 1. The van der Waals surface area contributed by atoms with Crippen molar-refractivity contribution in [1.82, 2.24) is 9.91 Å². The van der Waals surface area contributed by atoms with Crippen molar-refractivity contribution in [3.8, 4) is 0 Å². The number of aliphatic imine (C=N–C) groups is 1. The minimum atomic E-state index is 0.320. The number of hydrogen-bond acceptors (Lipinski definition) is 5. The van der Waals surface area contributed by atoms with E-state index in [-0.39, 0.29) is 0 Å². The molecule has 0 unspecified atom stereocenters. The number of nitrogens with one attached hydrogen (secondary N) is 1. The second-order valence-corrected chi connectivity index (χ2v) is 6.86. The fraction of sp³-hybridized carbons (Fsp3) is 0.318. The van der Waals surface area contributed by atoms with Crippen LogP contribution in [0.1, 0.15) is 19.4 Å². The lowest BCUT2D eigenvalue weighted by atomic mass is 10.2. The molecule has 1 aliphatic heterocycles. The van der Waals surface area contributed by atoms with Crippen molar-refractivity contribution in [3.63, 3.8) is 0 Å². The van der Waals surface area contributed by atoms with E-state index >= 15 is 0 Å². The van der Waals surface area contributed by atoms with Gasteiger partial charge in [-0.1, -0.05) is 30.3 Å². The summed E-state index contributed by atoms with van der Waals surface area (Å²) in [6, 6.07) is 18.2. The lowest BCUT2D eigenvalue weighted by molar-refractivity contribution is 0.441. The van der Waals surface area contributed by atoms with Crippen LogP contribution in [-0.2, 0) is 6.54 Å². The highest BCUT2D eigenvalue weighted by atomic mass is 15.5. The first-order valence-electron chi connectivity index (χ1n) is 9.63. The Kier molecular flexibility index (Phi) is 6.09. The van der Waals surface area contributed by atoms with Crippen molar-refractivity contribution in [3.05, 3.63) is 60.2 Å². The van der Waals surface area contributed by atoms with Crippen molar-refractivity contribution in [2.45, 2.75) is 20.4 Å². The maximum atomic E-state index is 8.60. The molecule has 0 amide bonds. The van der Waals surface area contributed by atoms with Gasteiger partial charge < -0.3 is 9.80 Å². The number of amidine groups is 2. The fourth-order valence-corrected chi connectivity index (χ4v) is 3.17. The number of benzene rings is 2. The van der Waals surface area contributed by atoms with Crippen molar-refractivity contribution in [1.29, 1.82) is 5.41 Å². The van der Waals surface area contributed by atoms with Gasteiger partial charge >= 0.3 is 0 Å². The first-order chi connectivity index (χ1) is 13.5. The van der Waals surface area contributed by atoms with E-state index in [2.05, 4.69) is 36.0 Å². The minimum absolute atomic E-state index is 0.320. The Morgan fingerprint density at radius 3 is 2.18 bits per heavy atom. The van der Waals surface area contributed by atoms with Crippen LogP contribution in [-0.4, -0.2) is 54.5 Å².